The van der Waals surface area contributed by atoms with Crippen LogP contribution in [0, 0.1) is 10.1 Å². The number of aliphatic hydroxyl groups is 1. The molecule has 0 aromatic carbocycles. The van der Waals surface area contributed by atoms with Gasteiger partial charge in [-0.3, -0.25) is 15.1 Å². The highest BCUT2D eigenvalue weighted by molar-refractivity contribution is 5.68. The second-order valence-corrected chi connectivity index (χ2v) is 3.84. The predicted octanol–water partition coefficient (Wildman–Crippen LogP) is 1.50. The first-order valence-corrected chi connectivity index (χ1v) is 5.23. The predicted molar refractivity (Wildman–Crippen MR) is 60.0 cm³/mol. The number of nitrogens with zero attached hydrogens (tertiary/aromatic N) is 2. The average Bonchev–Trinajstić information content (AvgIpc) is 2.32. The molecule has 6 nitrogen and oxygen atoms in total. The minimum absolute atomic E-state index is 0.0951. The van der Waals surface area contributed by atoms with Crippen molar-refractivity contribution in [3.05, 3.63) is 40.2 Å². The third-order valence-electron chi connectivity index (χ3n) is 2.66. The average molecular weight is 236 g/mol. The molecule has 1 N–H and O–H groups in total. The van der Waals surface area contributed by atoms with Crippen LogP contribution in [0.15, 0.2) is 24.5 Å². The molecule has 2 unspecified atom stereocenters. The van der Waals surface area contributed by atoms with Crippen molar-refractivity contribution in [1.29, 1.82) is 0 Å². The zero-order valence-electron chi connectivity index (χ0n) is 9.24. The molecule has 0 radical (unpaired) electrons. The maximum absolute atomic E-state index is 10.8. The lowest BCUT2D eigenvalue weighted by atomic mass is 10.1. The largest absolute Gasteiger partial charge is 0.487 e. The number of aromatic nitrogens is 1. The fourth-order valence-electron chi connectivity index (χ4n) is 1.66. The highest BCUT2D eigenvalue weighted by Crippen LogP contribution is 2.30. The molecule has 6 heteroatoms. The van der Waals surface area contributed by atoms with Crippen LogP contribution in [0.3, 0.4) is 0 Å². The van der Waals surface area contributed by atoms with Crippen LogP contribution >= 0.6 is 0 Å². The maximum atomic E-state index is 10.8. The third-order valence-corrected chi connectivity index (χ3v) is 2.66. The van der Waals surface area contributed by atoms with Crippen LogP contribution in [0.4, 0.5) is 5.69 Å². The number of aliphatic hydroxyl groups excluding tert-OH is 1. The molecular weight excluding hydrogens is 224 g/mol. The Morgan fingerprint density at radius 3 is 3.06 bits per heavy atom. The Labute approximate surface area is 97.7 Å². The van der Waals surface area contributed by atoms with E-state index in [9.17, 15) is 15.2 Å². The van der Waals surface area contributed by atoms with Crippen molar-refractivity contribution in [2.45, 2.75) is 25.6 Å². The summed E-state index contributed by atoms with van der Waals surface area (Å²) in [7, 11) is 0. The van der Waals surface area contributed by atoms with Crippen LogP contribution in [-0.2, 0) is 4.74 Å². The second-order valence-electron chi connectivity index (χ2n) is 3.84. The van der Waals surface area contributed by atoms with Gasteiger partial charge in [-0.1, -0.05) is 0 Å². The van der Waals surface area contributed by atoms with Crippen molar-refractivity contribution in [3.63, 3.8) is 0 Å². The molecule has 1 aromatic heterocycles. The molecule has 0 aliphatic carbocycles. The van der Waals surface area contributed by atoms with Gasteiger partial charge in [0.05, 0.1) is 16.6 Å². The van der Waals surface area contributed by atoms with Crippen LogP contribution in [-0.4, -0.2) is 27.2 Å². The van der Waals surface area contributed by atoms with Gasteiger partial charge in [-0.15, -0.1) is 0 Å². The summed E-state index contributed by atoms with van der Waals surface area (Å²) in [5, 5.41) is 20.3. The van der Waals surface area contributed by atoms with Gasteiger partial charge in [-0.25, -0.2) is 0 Å². The lowest BCUT2D eigenvalue weighted by Crippen LogP contribution is -2.28. The number of ether oxygens (including phenoxy) is 1. The van der Waals surface area contributed by atoms with Crippen LogP contribution in [0.25, 0.3) is 5.76 Å². The fourth-order valence-corrected chi connectivity index (χ4v) is 1.66. The quantitative estimate of drug-likeness (QED) is 0.621. The number of pyridine rings is 1. The van der Waals surface area contributed by atoms with Gasteiger partial charge in [0.25, 0.3) is 5.69 Å². The summed E-state index contributed by atoms with van der Waals surface area (Å²) >= 11 is 0. The number of rotatable bonds is 2. The molecule has 0 bridgehead atoms. The minimum atomic E-state index is -0.570. The first-order chi connectivity index (χ1) is 8.09. The summed E-state index contributed by atoms with van der Waals surface area (Å²) in [6.45, 7) is 1.73. The van der Waals surface area contributed by atoms with Crippen molar-refractivity contribution in [2.24, 2.45) is 0 Å². The van der Waals surface area contributed by atoms with Crippen molar-refractivity contribution in [2.75, 3.05) is 0 Å². The van der Waals surface area contributed by atoms with E-state index in [4.69, 9.17) is 4.74 Å². The van der Waals surface area contributed by atoms with E-state index >= 15 is 0 Å². The van der Waals surface area contributed by atoms with E-state index in [0.29, 0.717) is 17.7 Å². The van der Waals surface area contributed by atoms with E-state index in [1.54, 1.807) is 13.0 Å². The molecule has 1 aliphatic rings. The Hall–Kier alpha value is -1.95. The highest BCUT2D eigenvalue weighted by Gasteiger charge is 2.26. The normalized spacial score (nSPS) is 23.8. The van der Waals surface area contributed by atoms with Gasteiger partial charge in [0.2, 0.25) is 0 Å². The standard InChI is InChI=1S/C11H12N2O4/c1-7-10(14)2-3-11(17-7)8-4-5-12-6-9(8)13(15)16/h3-7,10,14H,2H2,1H3. The fraction of sp³-hybridized carbons (Fsp3) is 0.364. The molecule has 0 saturated heterocycles. The Bertz CT molecular complexity index is 472. The molecule has 90 valence electrons. The molecule has 0 fully saturated rings. The zero-order chi connectivity index (χ0) is 12.4. The van der Waals surface area contributed by atoms with Gasteiger partial charge >= 0.3 is 0 Å². The SMILES string of the molecule is CC1OC(c2ccncc2[N+](=O)[O-])=CCC1O. The van der Waals surface area contributed by atoms with Crippen LogP contribution in [0.1, 0.15) is 18.9 Å². The summed E-state index contributed by atoms with van der Waals surface area (Å²) in [5.41, 5.74) is 0.297. The molecule has 0 spiro atoms. The summed E-state index contributed by atoms with van der Waals surface area (Å²) in [4.78, 5) is 14.1. The second kappa shape index (κ2) is 4.50. The maximum Gasteiger partial charge on any atom is 0.298 e. The van der Waals surface area contributed by atoms with Crippen LogP contribution in [0.2, 0.25) is 0 Å². The van der Waals surface area contributed by atoms with E-state index in [-0.39, 0.29) is 11.8 Å². The van der Waals surface area contributed by atoms with Crippen molar-refractivity contribution >= 4 is 11.4 Å². The Morgan fingerprint density at radius 1 is 1.65 bits per heavy atom. The van der Waals surface area contributed by atoms with E-state index in [2.05, 4.69) is 4.98 Å². The topological polar surface area (TPSA) is 85.5 Å². The Morgan fingerprint density at radius 2 is 2.41 bits per heavy atom. The molecule has 0 amide bonds. The number of hydrogen-bond donors (Lipinski definition) is 1. The van der Waals surface area contributed by atoms with E-state index in [0.717, 1.165) is 0 Å². The first-order valence-electron chi connectivity index (χ1n) is 5.23. The Balaban J connectivity index is 2.38. The van der Waals surface area contributed by atoms with Crippen molar-refractivity contribution < 1.29 is 14.8 Å². The molecule has 2 heterocycles. The molecule has 17 heavy (non-hydrogen) atoms. The number of hydrogen-bond acceptors (Lipinski definition) is 5. The third kappa shape index (κ3) is 2.26. The monoisotopic (exact) mass is 236 g/mol. The van der Waals surface area contributed by atoms with Gasteiger partial charge in [0.15, 0.2) is 0 Å². The first kappa shape index (κ1) is 11.5. The van der Waals surface area contributed by atoms with Crippen LogP contribution in [0.5, 0.6) is 0 Å². The van der Waals surface area contributed by atoms with Gasteiger partial charge in [-0.2, -0.15) is 0 Å². The summed E-state index contributed by atoms with van der Waals surface area (Å²) in [5.74, 6) is 0.428. The van der Waals surface area contributed by atoms with Crippen LogP contribution < -0.4 is 0 Å². The zero-order valence-corrected chi connectivity index (χ0v) is 9.24. The molecule has 0 saturated carbocycles. The van der Waals surface area contributed by atoms with Gasteiger partial charge < -0.3 is 9.84 Å². The van der Waals surface area contributed by atoms with Gasteiger partial charge in [0, 0.05) is 6.20 Å². The number of nitro groups is 1. The summed E-state index contributed by atoms with van der Waals surface area (Å²) in [6.07, 6.45) is 3.81. The molecule has 2 atom stereocenters. The summed E-state index contributed by atoms with van der Waals surface area (Å²) < 4.78 is 5.45. The summed E-state index contributed by atoms with van der Waals surface area (Å²) in [6, 6.07) is 1.54. The van der Waals surface area contributed by atoms with E-state index in [1.165, 1.54) is 18.5 Å². The Kier molecular flexibility index (Phi) is 3.06. The highest BCUT2D eigenvalue weighted by atomic mass is 16.6. The van der Waals surface area contributed by atoms with E-state index < -0.39 is 11.0 Å². The van der Waals surface area contributed by atoms with Crippen molar-refractivity contribution in [1.82, 2.24) is 4.98 Å². The molecular formula is C11H12N2O4. The lowest BCUT2D eigenvalue weighted by molar-refractivity contribution is -0.385. The van der Waals surface area contributed by atoms with Crippen molar-refractivity contribution in [3.8, 4) is 0 Å². The smallest absolute Gasteiger partial charge is 0.298 e. The van der Waals surface area contributed by atoms with Gasteiger partial charge in [0.1, 0.15) is 18.1 Å². The van der Waals surface area contributed by atoms with E-state index in [1.807, 2.05) is 0 Å². The van der Waals surface area contributed by atoms with Gasteiger partial charge in [-0.05, 0) is 25.5 Å². The lowest BCUT2D eigenvalue weighted by Gasteiger charge is -2.26. The molecule has 1 aromatic rings. The molecule has 2 rings (SSSR count). The molecule has 1 aliphatic heterocycles. The minimum Gasteiger partial charge on any atom is -0.487 e.